The number of amides is 1. The molecule has 1 aliphatic carbocycles. The number of hydrogen-bond donors (Lipinski definition) is 2. The number of benzene rings is 1. The fraction of sp³-hybridized carbons (Fsp3) is 0.333. The van der Waals surface area contributed by atoms with E-state index in [1.54, 1.807) is 0 Å². The van der Waals surface area contributed by atoms with Gasteiger partial charge in [0.05, 0.1) is 28.1 Å². The minimum Gasteiger partial charge on any atom is -0.481 e. The van der Waals surface area contributed by atoms with Gasteiger partial charge in [0.1, 0.15) is 0 Å². The van der Waals surface area contributed by atoms with Crippen LogP contribution in [0.25, 0.3) is 0 Å². The highest BCUT2D eigenvalue weighted by Gasteiger charge is 2.48. The first-order chi connectivity index (χ1) is 9.20. The lowest BCUT2D eigenvalue weighted by Gasteiger charge is -2.11. The summed E-state index contributed by atoms with van der Waals surface area (Å²) in [6.45, 7) is 0. The average molecular weight is 308 g/mol. The van der Waals surface area contributed by atoms with Gasteiger partial charge < -0.3 is 10.4 Å². The number of halogens is 4. The molecule has 1 aromatic carbocycles. The maximum Gasteiger partial charge on any atom is 0.416 e. The van der Waals surface area contributed by atoms with E-state index >= 15 is 0 Å². The van der Waals surface area contributed by atoms with Crippen molar-refractivity contribution in [3.05, 3.63) is 28.8 Å². The molecule has 0 aliphatic heterocycles. The van der Waals surface area contributed by atoms with E-state index in [0.717, 1.165) is 18.2 Å². The van der Waals surface area contributed by atoms with Gasteiger partial charge in [0.2, 0.25) is 5.91 Å². The number of nitrogens with one attached hydrogen (secondary N) is 1. The Bertz CT molecular complexity index is 574. The van der Waals surface area contributed by atoms with Crippen LogP contribution in [-0.4, -0.2) is 17.0 Å². The van der Waals surface area contributed by atoms with E-state index in [9.17, 15) is 22.8 Å². The monoisotopic (exact) mass is 307 g/mol. The minimum atomic E-state index is -4.55. The molecule has 0 heterocycles. The van der Waals surface area contributed by atoms with Gasteiger partial charge in [0.15, 0.2) is 0 Å². The second-order valence-corrected chi connectivity index (χ2v) is 4.88. The first-order valence-electron chi connectivity index (χ1n) is 5.60. The second-order valence-electron chi connectivity index (χ2n) is 4.47. The first kappa shape index (κ1) is 14.6. The number of carbonyl (C=O) groups is 2. The summed E-state index contributed by atoms with van der Waals surface area (Å²) in [5.41, 5.74) is -1.12. The number of carboxylic acid groups (broad SMARTS) is 1. The molecule has 1 amide bonds. The van der Waals surface area contributed by atoms with E-state index < -0.39 is 35.5 Å². The van der Waals surface area contributed by atoms with E-state index in [1.165, 1.54) is 0 Å². The third-order valence-corrected chi connectivity index (χ3v) is 3.33. The highest BCUT2D eigenvalue weighted by Crippen LogP contribution is 2.40. The zero-order valence-corrected chi connectivity index (χ0v) is 10.6. The Morgan fingerprint density at radius 1 is 1.30 bits per heavy atom. The van der Waals surface area contributed by atoms with Crippen LogP contribution in [0.5, 0.6) is 0 Å². The smallest absolute Gasteiger partial charge is 0.416 e. The largest absolute Gasteiger partial charge is 0.481 e. The van der Waals surface area contributed by atoms with Crippen LogP contribution in [0.2, 0.25) is 5.02 Å². The van der Waals surface area contributed by atoms with Gasteiger partial charge in [0, 0.05) is 0 Å². The van der Waals surface area contributed by atoms with Gasteiger partial charge in [0.25, 0.3) is 0 Å². The molecular formula is C12H9ClF3NO3. The Morgan fingerprint density at radius 2 is 1.95 bits per heavy atom. The second kappa shape index (κ2) is 4.97. The normalized spacial score (nSPS) is 21.4. The van der Waals surface area contributed by atoms with Gasteiger partial charge in [-0.05, 0) is 24.6 Å². The van der Waals surface area contributed by atoms with Crippen molar-refractivity contribution < 1.29 is 27.9 Å². The molecule has 0 unspecified atom stereocenters. The minimum absolute atomic E-state index is 0.0427. The third-order valence-electron chi connectivity index (χ3n) is 3.00. The van der Waals surface area contributed by atoms with Crippen molar-refractivity contribution in [2.75, 3.05) is 5.32 Å². The molecule has 0 radical (unpaired) electrons. The standard InChI is InChI=1S/C12H9ClF3NO3/c13-8-2-1-5(12(14,15)16)3-9(8)17-10(18)6-4-7(6)11(19)20/h1-3,6-7H,4H2,(H,17,18)(H,19,20)/t6-,7+/m1/s1. The molecule has 8 heteroatoms. The van der Waals surface area contributed by atoms with Crippen molar-refractivity contribution in [3.8, 4) is 0 Å². The van der Waals surface area contributed by atoms with Crippen LogP contribution < -0.4 is 5.32 Å². The molecule has 4 nitrogen and oxygen atoms in total. The van der Waals surface area contributed by atoms with Gasteiger partial charge in [-0.1, -0.05) is 11.6 Å². The number of rotatable bonds is 3. The zero-order chi connectivity index (χ0) is 15.1. The Hall–Kier alpha value is -1.76. The summed E-state index contributed by atoms with van der Waals surface area (Å²) in [4.78, 5) is 22.3. The number of hydrogen-bond acceptors (Lipinski definition) is 2. The molecule has 0 spiro atoms. The molecule has 108 valence electrons. The predicted molar refractivity (Wildman–Crippen MR) is 64.3 cm³/mol. The number of anilines is 1. The summed E-state index contributed by atoms with van der Waals surface area (Å²) in [6.07, 6.45) is -4.37. The van der Waals surface area contributed by atoms with Crippen LogP contribution in [-0.2, 0) is 15.8 Å². The lowest BCUT2D eigenvalue weighted by molar-refractivity contribution is -0.139. The summed E-state index contributed by atoms with van der Waals surface area (Å²) in [7, 11) is 0. The first-order valence-corrected chi connectivity index (χ1v) is 5.98. The quantitative estimate of drug-likeness (QED) is 0.902. The average Bonchev–Trinajstić information content (AvgIpc) is 3.10. The predicted octanol–water partition coefficient (Wildman–Crippen LogP) is 3.02. The molecule has 0 bridgehead atoms. The van der Waals surface area contributed by atoms with Crippen molar-refractivity contribution in [2.45, 2.75) is 12.6 Å². The molecular weight excluding hydrogens is 299 g/mol. The van der Waals surface area contributed by atoms with Crippen molar-refractivity contribution in [2.24, 2.45) is 11.8 Å². The van der Waals surface area contributed by atoms with Crippen molar-refractivity contribution in [1.29, 1.82) is 0 Å². The number of carbonyl (C=O) groups excluding carboxylic acids is 1. The molecule has 2 atom stereocenters. The van der Waals surface area contributed by atoms with E-state index in [0.29, 0.717) is 0 Å². The molecule has 1 aliphatic rings. The molecule has 1 aromatic rings. The van der Waals surface area contributed by atoms with E-state index in [-0.39, 0.29) is 17.1 Å². The highest BCUT2D eigenvalue weighted by molar-refractivity contribution is 6.33. The summed E-state index contributed by atoms with van der Waals surface area (Å²) in [6, 6.07) is 2.55. The van der Waals surface area contributed by atoms with Crippen LogP contribution >= 0.6 is 11.6 Å². The fourth-order valence-corrected chi connectivity index (χ4v) is 1.95. The molecule has 2 rings (SSSR count). The van der Waals surface area contributed by atoms with Gasteiger partial charge in [-0.15, -0.1) is 0 Å². The topological polar surface area (TPSA) is 66.4 Å². The van der Waals surface area contributed by atoms with Crippen LogP contribution in [0.4, 0.5) is 18.9 Å². The summed E-state index contributed by atoms with van der Waals surface area (Å²) in [5.74, 6) is -3.24. The van der Waals surface area contributed by atoms with Gasteiger partial charge in [-0.2, -0.15) is 13.2 Å². The molecule has 1 fully saturated rings. The molecule has 2 N–H and O–H groups in total. The van der Waals surface area contributed by atoms with E-state index in [1.807, 2.05) is 0 Å². The lowest BCUT2D eigenvalue weighted by Crippen LogP contribution is -2.17. The lowest BCUT2D eigenvalue weighted by atomic mass is 10.2. The Morgan fingerprint density at radius 3 is 2.45 bits per heavy atom. The van der Waals surface area contributed by atoms with Crippen LogP contribution in [0.15, 0.2) is 18.2 Å². The molecule has 1 saturated carbocycles. The number of aliphatic carboxylic acids is 1. The van der Waals surface area contributed by atoms with Crippen LogP contribution in [0.3, 0.4) is 0 Å². The highest BCUT2D eigenvalue weighted by atomic mass is 35.5. The maximum absolute atomic E-state index is 12.5. The summed E-state index contributed by atoms with van der Waals surface area (Å²) in [5, 5.41) is 10.9. The zero-order valence-electron chi connectivity index (χ0n) is 9.87. The summed E-state index contributed by atoms with van der Waals surface area (Å²) < 4.78 is 37.6. The number of carboxylic acids is 1. The Kier molecular flexibility index (Phi) is 3.64. The van der Waals surface area contributed by atoms with Crippen molar-refractivity contribution >= 4 is 29.2 Å². The summed E-state index contributed by atoms with van der Waals surface area (Å²) >= 11 is 5.72. The molecule has 0 aromatic heterocycles. The fourth-order valence-electron chi connectivity index (χ4n) is 1.78. The SMILES string of the molecule is O=C(O)[C@H]1C[C@H]1C(=O)Nc1cc(C(F)(F)F)ccc1Cl. The van der Waals surface area contributed by atoms with Crippen LogP contribution in [0, 0.1) is 11.8 Å². The van der Waals surface area contributed by atoms with Crippen LogP contribution in [0.1, 0.15) is 12.0 Å². The maximum atomic E-state index is 12.5. The van der Waals surface area contributed by atoms with Crippen molar-refractivity contribution in [3.63, 3.8) is 0 Å². The van der Waals surface area contributed by atoms with Gasteiger partial charge >= 0.3 is 12.1 Å². The number of alkyl halides is 3. The van der Waals surface area contributed by atoms with Gasteiger partial charge in [-0.25, -0.2) is 0 Å². The Labute approximate surface area is 116 Å². The van der Waals surface area contributed by atoms with Crippen molar-refractivity contribution in [1.82, 2.24) is 0 Å². The Balaban J connectivity index is 2.14. The van der Waals surface area contributed by atoms with Gasteiger partial charge in [-0.3, -0.25) is 9.59 Å². The van der Waals surface area contributed by atoms with E-state index in [2.05, 4.69) is 5.32 Å². The molecule has 0 saturated heterocycles. The molecule has 20 heavy (non-hydrogen) atoms. The van der Waals surface area contributed by atoms with E-state index in [4.69, 9.17) is 16.7 Å². The third kappa shape index (κ3) is 3.04.